The third-order valence-electron chi connectivity index (χ3n) is 4.73. The fourth-order valence-corrected chi connectivity index (χ4v) is 3.17. The molecule has 0 aromatic carbocycles. The minimum atomic E-state index is -0.155. The molecule has 0 aromatic heterocycles. The van der Waals surface area contributed by atoms with Gasteiger partial charge in [0.1, 0.15) is 11.6 Å². The van der Waals surface area contributed by atoms with Crippen LogP contribution in [-0.2, 0) is 4.79 Å². The molecule has 5 nitrogen and oxygen atoms in total. The molecule has 0 spiro atoms. The predicted octanol–water partition coefficient (Wildman–Crippen LogP) is 1.48. The van der Waals surface area contributed by atoms with Crippen LogP contribution in [0.3, 0.4) is 0 Å². The van der Waals surface area contributed by atoms with E-state index < -0.39 is 0 Å². The number of nitriles is 1. The molecule has 2 fully saturated rings. The number of hydrogen-bond acceptors (Lipinski definition) is 4. The molecule has 116 valence electrons. The average molecular weight is 290 g/mol. The lowest BCUT2D eigenvalue weighted by atomic mass is 10.0. The summed E-state index contributed by atoms with van der Waals surface area (Å²) in [5.74, 6) is -0.155. The summed E-state index contributed by atoms with van der Waals surface area (Å²) in [5, 5.41) is 12.5. The van der Waals surface area contributed by atoms with Gasteiger partial charge in [-0.3, -0.25) is 4.79 Å². The first-order valence-electron chi connectivity index (χ1n) is 7.94. The van der Waals surface area contributed by atoms with Crippen LogP contribution in [-0.4, -0.2) is 55.0 Å². The van der Waals surface area contributed by atoms with Gasteiger partial charge in [0, 0.05) is 25.3 Å². The number of hydrogen-bond donors (Lipinski definition) is 1. The molecule has 1 heterocycles. The van der Waals surface area contributed by atoms with Gasteiger partial charge in [0.25, 0.3) is 5.91 Å². The maximum Gasteiger partial charge on any atom is 0.265 e. The Labute approximate surface area is 127 Å². The largest absolute Gasteiger partial charge is 0.387 e. The van der Waals surface area contributed by atoms with Gasteiger partial charge in [0.15, 0.2) is 0 Å². The molecule has 1 N–H and O–H groups in total. The number of nitrogens with zero attached hydrogens (tertiary/aromatic N) is 3. The van der Waals surface area contributed by atoms with E-state index in [0.717, 1.165) is 38.8 Å². The summed E-state index contributed by atoms with van der Waals surface area (Å²) >= 11 is 0. The van der Waals surface area contributed by atoms with Gasteiger partial charge in [-0.05, 0) is 45.8 Å². The molecule has 0 radical (unpaired) electrons. The Morgan fingerprint density at radius 3 is 2.48 bits per heavy atom. The Kier molecular flexibility index (Phi) is 5.63. The molecule has 0 unspecified atom stereocenters. The lowest BCUT2D eigenvalue weighted by Gasteiger charge is -2.35. The number of amides is 1. The first-order chi connectivity index (χ1) is 10.1. The van der Waals surface area contributed by atoms with Gasteiger partial charge in [-0.2, -0.15) is 5.26 Å². The van der Waals surface area contributed by atoms with Gasteiger partial charge < -0.3 is 15.1 Å². The minimum Gasteiger partial charge on any atom is -0.387 e. The molecule has 0 bridgehead atoms. The normalized spacial score (nSPS) is 22.0. The highest BCUT2D eigenvalue weighted by Crippen LogP contribution is 2.18. The van der Waals surface area contributed by atoms with E-state index in [1.165, 1.54) is 12.8 Å². The van der Waals surface area contributed by atoms with Crippen molar-refractivity contribution >= 4 is 5.91 Å². The van der Waals surface area contributed by atoms with Crippen LogP contribution in [0, 0.1) is 11.3 Å². The smallest absolute Gasteiger partial charge is 0.265 e. The summed E-state index contributed by atoms with van der Waals surface area (Å²) in [6, 6.07) is 2.72. The molecule has 1 amide bonds. The van der Waals surface area contributed by atoms with Crippen LogP contribution < -0.4 is 5.32 Å². The quantitative estimate of drug-likeness (QED) is 0.629. The first kappa shape index (κ1) is 15.8. The van der Waals surface area contributed by atoms with Gasteiger partial charge in [-0.1, -0.05) is 12.8 Å². The second-order valence-corrected chi connectivity index (χ2v) is 6.27. The highest BCUT2D eigenvalue weighted by molar-refractivity contribution is 5.97. The summed E-state index contributed by atoms with van der Waals surface area (Å²) in [5.41, 5.74) is 0.225. The van der Waals surface area contributed by atoms with E-state index in [4.69, 9.17) is 0 Å². The van der Waals surface area contributed by atoms with Gasteiger partial charge in [-0.25, -0.2) is 0 Å². The van der Waals surface area contributed by atoms with Crippen LogP contribution in [0.15, 0.2) is 11.8 Å². The summed E-state index contributed by atoms with van der Waals surface area (Å²) in [6.45, 7) is 2.02. The average Bonchev–Trinajstić information content (AvgIpc) is 3.01. The summed E-state index contributed by atoms with van der Waals surface area (Å²) in [7, 11) is 3.92. The number of nitrogens with one attached hydrogen (secondary N) is 1. The molecule has 1 saturated heterocycles. The van der Waals surface area contributed by atoms with E-state index in [9.17, 15) is 10.1 Å². The van der Waals surface area contributed by atoms with Crippen molar-refractivity contribution in [2.75, 3.05) is 27.2 Å². The van der Waals surface area contributed by atoms with Gasteiger partial charge >= 0.3 is 0 Å². The van der Waals surface area contributed by atoms with Crippen molar-refractivity contribution in [3.8, 4) is 6.07 Å². The van der Waals surface area contributed by atoms with Crippen molar-refractivity contribution in [3.05, 3.63) is 11.8 Å². The second-order valence-electron chi connectivity index (χ2n) is 6.27. The highest BCUT2D eigenvalue weighted by Gasteiger charge is 2.26. The zero-order valence-electron chi connectivity index (χ0n) is 13.1. The molecule has 2 aliphatic rings. The van der Waals surface area contributed by atoms with Crippen LogP contribution in [0.1, 0.15) is 38.5 Å². The SMILES string of the molecule is CN1CCC(N(C)C(=O)/C(C#N)=C\NC2CCCC2)CC1. The molecule has 0 aromatic rings. The van der Waals surface area contributed by atoms with Gasteiger partial charge in [-0.15, -0.1) is 0 Å². The molecular formula is C16H26N4O. The van der Waals surface area contributed by atoms with E-state index in [0.29, 0.717) is 6.04 Å². The molecule has 21 heavy (non-hydrogen) atoms. The molecule has 2 rings (SSSR count). The summed E-state index contributed by atoms with van der Waals surface area (Å²) < 4.78 is 0. The number of carbonyl (C=O) groups excluding carboxylic acids is 1. The number of piperidine rings is 1. The van der Waals surface area contributed by atoms with Gasteiger partial charge in [0.2, 0.25) is 0 Å². The van der Waals surface area contributed by atoms with Crippen LogP contribution in [0.2, 0.25) is 0 Å². The standard InChI is InChI=1S/C16H26N4O/c1-19-9-7-15(8-10-19)20(2)16(21)13(11-17)12-18-14-5-3-4-6-14/h12,14-15,18H,3-10H2,1-2H3/b13-12-. The molecule has 1 aliphatic carbocycles. The minimum absolute atomic E-state index is 0.155. The second kappa shape index (κ2) is 7.46. The Balaban J connectivity index is 1.92. The molecule has 5 heteroatoms. The monoisotopic (exact) mass is 290 g/mol. The maximum absolute atomic E-state index is 12.4. The third-order valence-corrected chi connectivity index (χ3v) is 4.73. The van der Waals surface area contributed by atoms with Crippen LogP contribution in [0.4, 0.5) is 0 Å². The van der Waals surface area contributed by atoms with Gasteiger partial charge in [0.05, 0.1) is 0 Å². The van der Waals surface area contributed by atoms with Crippen LogP contribution in [0.25, 0.3) is 0 Å². The summed E-state index contributed by atoms with van der Waals surface area (Å²) in [6.07, 6.45) is 8.32. The van der Waals surface area contributed by atoms with E-state index in [-0.39, 0.29) is 17.5 Å². The number of likely N-dealkylation sites (N-methyl/N-ethyl adjacent to an activating group) is 1. The van der Waals surface area contributed by atoms with E-state index >= 15 is 0 Å². The van der Waals surface area contributed by atoms with Crippen molar-refractivity contribution in [3.63, 3.8) is 0 Å². The zero-order chi connectivity index (χ0) is 15.2. The first-order valence-corrected chi connectivity index (χ1v) is 7.94. The van der Waals surface area contributed by atoms with Crippen molar-refractivity contribution in [1.29, 1.82) is 5.26 Å². The number of carbonyl (C=O) groups is 1. The van der Waals surface area contributed by atoms with Crippen molar-refractivity contribution in [1.82, 2.24) is 15.1 Å². The van der Waals surface area contributed by atoms with Crippen LogP contribution >= 0.6 is 0 Å². The molecular weight excluding hydrogens is 264 g/mol. The van der Waals surface area contributed by atoms with Crippen molar-refractivity contribution < 1.29 is 4.79 Å². The van der Waals surface area contributed by atoms with Crippen molar-refractivity contribution in [2.45, 2.75) is 50.6 Å². The zero-order valence-corrected chi connectivity index (χ0v) is 13.1. The fraction of sp³-hybridized carbons (Fsp3) is 0.750. The number of rotatable bonds is 4. The Morgan fingerprint density at radius 2 is 1.90 bits per heavy atom. The lowest BCUT2D eigenvalue weighted by Crippen LogP contribution is -2.45. The Morgan fingerprint density at radius 1 is 1.29 bits per heavy atom. The van der Waals surface area contributed by atoms with Crippen LogP contribution in [0.5, 0.6) is 0 Å². The predicted molar refractivity (Wildman–Crippen MR) is 82.4 cm³/mol. The lowest BCUT2D eigenvalue weighted by molar-refractivity contribution is -0.128. The summed E-state index contributed by atoms with van der Waals surface area (Å²) in [4.78, 5) is 16.5. The maximum atomic E-state index is 12.4. The molecule has 1 saturated carbocycles. The topological polar surface area (TPSA) is 59.4 Å². The van der Waals surface area contributed by atoms with E-state index in [1.54, 1.807) is 11.1 Å². The molecule has 1 aliphatic heterocycles. The Hall–Kier alpha value is -1.54. The number of likely N-dealkylation sites (tertiary alicyclic amines) is 1. The highest BCUT2D eigenvalue weighted by atomic mass is 16.2. The molecule has 0 atom stereocenters. The third kappa shape index (κ3) is 4.21. The van der Waals surface area contributed by atoms with E-state index in [2.05, 4.69) is 23.3 Å². The Bertz CT molecular complexity index is 426. The fourth-order valence-electron chi connectivity index (χ4n) is 3.17. The van der Waals surface area contributed by atoms with E-state index in [1.807, 2.05) is 7.05 Å². The van der Waals surface area contributed by atoms with Crippen molar-refractivity contribution in [2.24, 2.45) is 0 Å².